The highest BCUT2D eigenvalue weighted by atomic mass is 16.1. The molecule has 2 aliphatic carbocycles. The molecule has 1 N–H and O–H groups in total. The lowest BCUT2D eigenvalue weighted by molar-refractivity contribution is 0.0305. The van der Waals surface area contributed by atoms with Gasteiger partial charge in [-0.05, 0) is 82.0 Å². The van der Waals surface area contributed by atoms with Crippen LogP contribution in [0.5, 0.6) is 0 Å². The van der Waals surface area contributed by atoms with Gasteiger partial charge in [0, 0.05) is 31.4 Å². The number of amides is 1. The number of pyridine rings is 1. The molecule has 2 saturated carbocycles. The van der Waals surface area contributed by atoms with Crippen LogP contribution in [0, 0.1) is 5.41 Å². The van der Waals surface area contributed by atoms with Crippen molar-refractivity contribution < 1.29 is 4.79 Å². The lowest BCUT2D eigenvalue weighted by atomic mass is 9.70. The first-order valence-electron chi connectivity index (χ1n) is 12.0. The van der Waals surface area contributed by atoms with Gasteiger partial charge in [-0.2, -0.15) is 0 Å². The van der Waals surface area contributed by atoms with Gasteiger partial charge in [0.15, 0.2) is 0 Å². The number of hydrogen-bond donors (Lipinski definition) is 1. The number of aromatic nitrogens is 1. The van der Waals surface area contributed by atoms with E-state index in [1.807, 2.05) is 12.1 Å². The molecule has 2 aliphatic heterocycles. The van der Waals surface area contributed by atoms with Crippen LogP contribution in [0.1, 0.15) is 81.0 Å². The molecule has 4 fully saturated rings. The van der Waals surface area contributed by atoms with Gasteiger partial charge in [-0.1, -0.05) is 19.3 Å². The van der Waals surface area contributed by atoms with Crippen molar-refractivity contribution in [3.05, 3.63) is 23.9 Å². The van der Waals surface area contributed by atoms with Gasteiger partial charge in [-0.3, -0.25) is 4.79 Å². The van der Waals surface area contributed by atoms with Crippen LogP contribution in [0.4, 0.5) is 5.82 Å². The maximum absolute atomic E-state index is 12.4. The van der Waals surface area contributed by atoms with Crippen molar-refractivity contribution in [3.63, 3.8) is 0 Å². The molecule has 1 aromatic rings. The Hall–Kier alpha value is -1.62. The first-order valence-corrected chi connectivity index (χ1v) is 12.0. The average molecular weight is 397 g/mol. The summed E-state index contributed by atoms with van der Waals surface area (Å²) in [6, 6.07) is 5.26. The molecule has 0 aromatic carbocycles. The van der Waals surface area contributed by atoms with Crippen LogP contribution in [0.15, 0.2) is 18.3 Å². The van der Waals surface area contributed by atoms with Crippen molar-refractivity contribution in [2.24, 2.45) is 5.41 Å². The summed E-state index contributed by atoms with van der Waals surface area (Å²) in [7, 11) is 0. The van der Waals surface area contributed by atoms with Crippen molar-refractivity contribution in [1.82, 2.24) is 15.2 Å². The monoisotopic (exact) mass is 396 g/mol. The Morgan fingerprint density at radius 3 is 2.21 bits per heavy atom. The topological polar surface area (TPSA) is 48.5 Å². The molecule has 0 bridgehead atoms. The molecule has 0 unspecified atom stereocenters. The zero-order chi connectivity index (χ0) is 19.7. The van der Waals surface area contributed by atoms with Crippen LogP contribution in [0.25, 0.3) is 0 Å². The highest BCUT2D eigenvalue weighted by Crippen LogP contribution is 2.43. The summed E-state index contributed by atoms with van der Waals surface area (Å²) in [5.74, 6) is 1.07. The van der Waals surface area contributed by atoms with Crippen molar-refractivity contribution in [3.8, 4) is 0 Å². The largest absolute Gasteiger partial charge is 0.357 e. The van der Waals surface area contributed by atoms with E-state index >= 15 is 0 Å². The minimum atomic E-state index is 0.0340. The van der Waals surface area contributed by atoms with E-state index in [0.29, 0.717) is 17.0 Å². The Balaban J connectivity index is 1.12. The predicted octanol–water partition coefficient (Wildman–Crippen LogP) is 3.99. The highest BCUT2D eigenvalue weighted by Gasteiger charge is 2.39. The summed E-state index contributed by atoms with van der Waals surface area (Å²) >= 11 is 0. The second-order valence-corrected chi connectivity index (χ2v) is 9.97. The second-order valence-electron chi connectivity index (χ2n) is 9.97. The van der Waals surface area contributed by atoms with Gasteiger partial charge in [0.05, 0.1) is 5.56 Å². The van der Waals surface area contributed by atoms with Crippen LogP contribution < -0.4 is 10.2 Å². The number of piperidine rings is 2. The van der Waals surface area contributed by atoms with Crippen LogP contribution >= 0.6 is 0 Å². The van der Waals surface area contributed by atoms with Crippen LogP contribution in [0.2, 0.25) is 0 Å². The van der Waals surface area contributed by atoms with Crippen LogP contribution in [-0.4, -0.2) is 54.1 Å². The number of nitrogens with one attached hydrogen (secondary N) is 1. The molecular weight excluding hydrogens is 360 g/mol. The SMILES string of the molecule is O=C(NC1CCCC1)c1ccc(N2CCC3(CC2)CCN(C2CCC2)CC3)nc1. The lowest BCUT2D eigenvalue weighted by Gasteiger charge is -2.50. The number of carbonyl (C=O) groups excluding carboxylic acids is 1. The van der Waals surface area contributed by atoms with Crippen molar-refractivity contribution in [2.75, 3.05) is 31.1 Å². The minimum absolute atomic E-state index is 0.0340. The number of nitrogens with zero attached hydrogens (tertiary/aromatic N) is 3. The second kappa shape index (κ2) is 8.25. The van der Waals surface area contributed by atoms with Gasteiger partial charge < -0.3 is 15.1 Å². The van der Waals surface area contributed by atoms with Crippen LogP contribution in [-0.2, 0) is 0 Å². The quantitative estimate of drug-likeness (QED) is 0.836. The van der Waals surface area contributed by atoms with E-state index < -0.39 is 0 Å². The molecule has 4 aliphatic rings. The molecule has 1 aromatic heterocycles. The summed E-state index contributed by atoms with van der Waals surface area (Å²) in [6.45, 7) is 4.83. The summed E-state index contributed by atoms with van der Waals surface area (Å²) in [5, 5.41) is 3.16. The number of anilines is 1. The zero-order valence-corrected chi connectivity index (χ0v) is 17.7. The van der Waals surface area contributed by atoms with E-state index in [-0.39, 0.29) is 5.91 Å². The normalized spacial score (nSPS) is 25.9. The van der Waals surface area contributed by atoms with Crippen LogP contribution in [0.3, 0.4) is 0 Å². The Bertz CT molecular complexity index is 690. The summed E-state index contributed by atoms with van der Waals surface area (Å²) in [6.07, 6.45) is 16.1. The van der Waals surface area contributed by atoms with Gasteiger partial charge >= 0.3 is 0 Å². The number of carbonyl (C=O) groups is 1. The van der Waals surface area contributed by atoms with Gasteiger partial charge in [0.1, 0.15) is 5.82 Å². The third kappa shape index (κ3) is 4.16. The molecule has 3 heterocycles. The fourth-order valence-corrected chi connectivity index (χ4v) is 5.87. The fraction of sp³-hybridized carbons (Fsp3) is 0.750. The molecule has 1 spiro atoms. The summed E-state index contributed by atoms with van der Waals surface area (Å²) in [5.41, 5.74) is 1.26. The molecule has 0 atom stereocenters. The molecule has 5 heteroatoms. The Labute approximate surface area is 175 Å². The summed E-state index contributed by atoms with van der Waals surface area (Å²) < 4.78 is 0. The van der Waals surface area contributed by atoms with Crippen molar-refractivity contribution in [2.45, 2.75) is 82.7 Å². The van der Waals surface area contributed by atoms with E-state index in [1.54, 1.807) is 6.20 Å². The summed E-state index contributed by atoms with van der Waals surface area (Å²) in [4.78, 5) is 22.2. The average Bonchev–Trinajstić information content (AvgIpc) is 3.22. The zero-order valence-electron chi connectivity index (χ0n) is 17.7. The maximum atomic E-state index is 12.4. The lowest BCUT2D eigenvalue weighted by Crippen LogP contribution is -2.51. The number of hydrogen-bond acceptors (Lipinski definition) is 4. The van der Waals surface area contributed by atoms with Gasteiger partial charge in [0.25, 0.3) is 5.91 Å². The maximum Gasteiger partial charge on any atom is 0.253 e. The highest BCUT2D eigenvalue weighted by molar-refractivity contribution is 5.94. The molecule has 5 nitrogen and oxygen atoms in total. The van der Waals surface area contributed by atoms with E-state index in [0.717, 1.165) is 37.8 Å². The first kappa shape index (κ1) is 19.3. The third-order valence-electron chi connectivity index (χ3n) is 8.30. The number of likely N-dealkylation sites (tertiary alicyclic amines) is 1. The van der Waals surface area contributed by atoms with Gasteiger partial charge in [0.2, 0.25) is 0 Å². The molecule has 0 radical (unpaired) electrons. The minimum Gasteiger partial charge on any atom is -0.357 e. The van der Waals surface area contributed by atoms with Gasteiger partial charge in [-0.25, -0.2) is 4.98 Å². The molecular formula is C24H36N4O. The Morgan fingerprint density at radius 2 is 1.62 bits per heavy atom. The van der Waals surface area contributed by atoms with E-state index in [1.165, 1.54) is 70.9 Å². The van der Waals surface area contributed by atoms with E-state index in [4.69, 9.17) is 0 Å². The predicted molar refractivity (Wildman–Crippen MR) is 116 cm³/mol. The van der Waals surface area contributed by atoms with Crippen molar-refractivity contribution in [1.29, 1.82) is 0 Å². The number of rotatable bonds is 4. The molecule has 1 amide bonds. The first-order chi connectivity index (χ1) is 14.2. The smallest absolute Gasteiger partial charge is 0.253 e. The Morgan fingerprint density at radius 1 is 0.931 bits per heavy atom. The molecule has 2 saturated heterocycles. The van der Waals surface area contributed by atoms with Crippen molar-refractivity contribution >= 4 is 11.7 Å². The van der Waals surface area contributed by atoms with E-state index in [2.05, 4.69) is 20.1 Å². The standard InChI is InChI=1S/C24H36N4O/c29-23(26-20-4-1-2-5-20)19-8-9-22(25-18-19)28-16-12-24(13-17-28)10-14-27(15-11-24)21-6-3-7-21/h8-9,18,20-21H,1-7,10-17H2,(H,26,29). The molecule has 158 valence electrons. The van der Waals surface area contributed by atoms with E-state index in [9.17, 15) is 4.79 Å². The van der Waals surface area contributed by atoms with Gasteiger partial charge in [-0.15, -0.1) is 0 Å². The molecule has 29 heavy (non-hydrogen) atoms. The molecule has 5 rings (SSSR count). The third-order valence-corrected chi connectivity index (χ3v) is 8.30. The Kier molecular flexibility index (Phi) is 5.51. The fourth-order valence-electron chi connectivity index (χ4n) is 5.87.